The average molecular weight is 322 g/mol. The van der Waals surface area contributed by atoms with E-state index in [0.29, 0.717) is 18.3 Å². The van der Waals surface area contributed by atoms with Crippen LogP contribution in [0.25, 0.3) is 0 Å². The molecule has 0 fully saturated rings. The molecule has 0 unspecified atom stereocenters. The lowest BCUT2D eigenvalue weighted by molar-refractivity contribution is 0.0564. The highest BCUT2D eigenvalue weighted by molar-refractivity contribution is 5.12. The highest BCUT2D eigenvalue weighted by Gasteiger charge is 2.22. The van der Waals surface area contributed by atoms with Crippen molar-refractivity contribution >= 4 is 0 Å². The fourth-order valence-electron chi connectivity index (χ4n) is 3.12. The van der Waals surface area contributed by atoms with E-state index < -0.39 is 17.8 Å². The lowest BCUT2D eigenvalue weighted by Gasteiger charge is -2.24. The van der Waals surface area contributed by atoms with E-state index in [0.717, 1.165) is 18.4 Å². The summed E-state index contributed by atoms with van der Waals surface area (Å²) in [7, 11) is 0. The molecule has 1 aliphatic carbocycles. The molecule has 0 saturated heterocycles. The topological polar surface area (TPSA) is 60.7 Å². The second kappa shape index (κ2) is 8.81. The van der Waals surface area contributed by atoms with Gasteiger partial charge in [-0.1, -0.05) is 49.3 Å². The van der Waals surface area contributed by atoms with Crippen molar-refractivity contribution in [3.05, 3.63) is 35.5 Å². The molecule has 1 aliphatic rings. The molecule has 3 heteroatoms. The summed E-state index contributed by atoms with van der Waals surface area (Å²) in [5, 5.41) is 30.8. The summed E-state index contributed by atoms with van der Waals surface area (Å²) in [4.78, 5) is 0. The minimum Gasteiger partial charge on any atom is -0.389 e. The van der Waals surface area contributed by atoms with E-state index in [4.69, 9.17) is 0 Å². The second-order valence-electron chi connectivity index (χ2n) is 7.73. The van der Waals surface area contributed by atoms with E-state index in [1.165, 1.54) is 5.57 Å². The van der Waals surface area contributed by atoms with Crippen molar-refractivity contribution in [3.8, 4) is 0 Å². The maximum absolute atomic E-state index is 10.5. The molecule has 3 nitrogen and oxygen atoms in total. The van der Waals surface area contributed by atoms with Gasteiger partial charge in [-0.05, 0) is 51.9 Å². The Bertz CT molecular complexity index is 458. The summed E-state index contributed by atoms with van der Waals surface area (Å²) in [6.07, 6.45) is 9.06. The first kappa shape index (κ1) is 20.1. The fraction of sp³-hybridized carbons (Fsp3) is 0.700. The first-order valence-corrected chi connectivity index (χ1v) is 8.71. The number of allylic oxidation sites excluding steroid dienone is 2. The van der Waals surface area contributed by atoms with E-state index in [9.17, 15) is 15.3 Å². The van der Waals surface area contributed by atoms with Gasteiger partial charge in [0.05, 0.1) is 17.8 Å². The number of hydrogen-bond acceptors (Lipinski definition) is 3. The van der Waals surface area contributed by atoms with Crippen LogP contribution < -0.4 is 0 Å². The van der Waals surface area contributed by atoms with Crippen LogP contribution in [0.2, 0.25) is 0 Å². The van der Waals surface area contributed by atoms with Gasteiger partial charge in [-0.3, -0.25) is 0 Å². The Labute approximate surface area is 141 Å². The van der Waals surface area contributed by atoms with Crippen LogP contribution in [0.5, 0.6) is 0 Å². The molecule has 0 bridgehead atoms. The molecule has 0 aromatic heterocycles. The summed E-state index contributed by atoms with van der Waals surface area (Å²) in [5.41, 5.74) is 1.09. The van der Waals surface area contributed by atoms with Gasteiger partial charge >= 0.3 is 0 Å². The molecule has 0 aromatic rings. The Hall–Kier alpha value is -0.900. The minimum absolute atomic E-state index is 0.261. The molecule has 3 N–H and O–H groups in total. The van der Waals surface area contributed by atoms with E-state index >= 15 is 0 Å². The Morgan fingerprint density at radius 3 is 2.30 bits per heavy atom. The van der Waals surface area contributed by atoms with Gasteiger partial charge in [0.1, 0.15) is 0 Å². The predicted molar refractivity (Wildman–Crippen MR) is 96.1 cm³/mol. The quantitative estimate of drug-likeness (QED) is 0.644. The third-order valence-electron chi connectivity index (χ3n) is 4.54. The summed E-state index contributed by atoms with van der Waals surface area (Å²) >= 11 is 0. The SMILES string of the molecule is C/C1=C\[C@H](O)C/C(C)=C/[C@H](O)C[C@@](C)(O)/C=C/[C@H](C(C)C)CC1. The van der Waals surface area contributed by atoms with Crippen LogP contribution >= 0.6 is 0 Å². The maximum Gasteiger partial charge on any atom is 0.0827 e. The van der Waals surface area contributed by atoms with Gasteiger partial charge in [0.15, 0.2) is 0 Å². The third kappa shape index (κ3) is 7.96. The number of aliphatic hydroxyl groups is 3. The van der Waals surface area contributed by atoms with Crippen molar-refractivity contribution in [3.63, 3.8) is 0 Å². The van der Waals surface area contributed by atoms with Gasteiger partial charge in [0, 0.05) is 6.42 Å². The molecule has 4 atom stereocenters. The molecule has 0 aromatic carbocycles. The van der Waals surface area contributed by atoms with Gasteiger partial charge < -0.3 is 15.3 Å². The van der Waals surface area contributed by atoms with Gasteiger partial charge in [-0.25, -0.2) is 0 Å². The van der Waals surface area contributed by atoms with Gasteiger partial charge in [0.2, 0.25) is 0 Å². The highest BCUT2D eigenvalue weighted by atomic mass is 16.3. The van der Waals surface area contributed by atoms with Crippen LogP contribution in [0.3, 0.4) is 0 Å². The van der Waals surface area contributed by atoms with Crippen LogP contribution in [-0.4, -0.2) is 33.1 Å². The zero-order valence-electron chi connectivity index (χ0n) is 15.3. The maximum atomic E-state index is 10.5. The summed E-state index contributed by atoms with van der Waals surface area (Å²) < 4.78 is 0. The summed E-state index contributed by atoms with van der Waals surface area (Å²) in [6, 6.07) is 0. The van der Waals surface area contributed by atoms with E-state index in [1.807, 2.05) is 19.1 Å². The van der Waals surface area contributed by atoms with Crippen LogP contribution in [0.4, 0.5) is 0 Å². The number of aliphatic hydroxyl groups excluding tert-OH is 2. The molecule has 132 valence electrons. The predicted octanol–water partition coefficient (Wildman–Crippen LogP) is 3.75. The van der Waals surface area contributed by atoms with Gasteiger partial charge in [0.25, 0.3) is 0 Å². The molecule has 0 amide bonds. The molecular weight excluding hydrogens is 288 g/mol. The van der Waals surface area contributed by atoms with Crippen molar-refractivity contribution in [2.24, 2.45) is 11.8 Å². The van der Waals surface area contributed by atoms with Crippen molar-refractivity contribution < 1.29 is 15.3 Å². The normalized spacial score (nSPS) is 40.7. The highest BCUT2D eigenvalue weighted by Crippen LogP contribution is 2.25. The van der Waals surface area contributed by atoms with E-state index in [-0.39, 0.29) is 6.42 Å². The molecule has 0 spiro atoms. The Kier molecular flexibility index (Phi) is 7.72. The first-order chi connectivity index (χ1) is 10.6. The molecule has 0 saturated carbocycles. The lowest BCUT2D eigenvalue weighted by Crippen LogP contribution is -2.27. The molecule has 0 aliphatic heterocycles. The van der Waals surface area contributed by atoms with Crippen molar-refractivity contribution in [1.82, 2.24) is 0 Å². The minimum atomic E-state index is -1.03. The van der Waals surface area contributed by atoms with Crippen molar-refractivity contribution in [2.75, 3.05) is 0 Å². The summed E-state index contributed by atoms with van der Waals surface area (Å²) in [6.45, 7) is 10.1. The standard InChI is InChI=1S/C20H34O3/c1-14(2)17-7-6-15(3)10-18(21)11-16(4)12-19(22)13-20(5,23)9-8-17/h8-10,12,14,17-19,21-23H,6-7,11,13H2,1-5H3/b9-8+,15-10+,16-12+/t17-,18+,19+,20+/m1/s1. The largest absolute Gasteiger partial charge is 0.389 e. The van der Waals surface area contributed by atoms with E-state index in [2.05, 4.69) is 26.8 Å². The van der Waals surface area contributed by atoms with Crippen LogP contribution in [0, 0.1) is 11.8 Å². The smallest absolute Gasteiger partial charge is 0.0827 e. The molecular formula is C20H34O3. The second-order valence-corrected chi connectivity index (χ2v) is 7.73. The lowest BCUT2D eigenvalue weighted by atomic mass is 9.86. The van der Waals surface area contributed by atoms with Crippen molar-refractivity contribution in [1.29, 1.82) is 0 Å². The Morgan fingerprint density at radius 1 is 1.09 bits per heavy atom. The zero-order chi connectivity index (χ0) is 17.6. The van der Waals surface area contributed by atoms with Crippen molar-refractivity contribution in [2.45, 2.75) is 78.1 Å². The van der Waals surface area contributed by atoms with E-state index in [1.54, 1.807) is 13.0 Å². The van der Waals surface area contributed by atoms with Crippen LogP contribution in [0.1, 0.15) is 60.3 Å². The zero-order valence-corrected chi connectivity index (χ0v) is 15.3. The van der Waals surface area contributed by atoms with Crippen LogP contribution in [-0.2, 0) is 0 Å². The Balaban J connectivity index is 3.05. The third-order valence-corrected chi connectivity index (χ3v) is 4.54. The molecule has 1 rings (SSSR count). The van der Waals surface area contributed by atoms with Gasteiger partial charge in [-0.2, -0.15) is 0 Å². The average Bonchev–Trinajstić information content (AvgIpc) is 2.35. The first-order valence-electron chi connectivity index (χ1n) is 8.71. The molecule has 23 heavy (non-hydrogen) atoms. The van der Waals surface area contributed by atoms with Gasteiger partial charge in [-0.15, -0.1) is 0 Å². The fourth-order valence-corrected chi connectivity index (χ4v) is 3.12. The monoisotopic (exact) mass is 322 g/mol. The van der Waals surface area contributed by atoms with Crippen LogP contribution in [0.15, 0.2) is 35.5 Å². The number of hydrogen-bond donors (Lipinski definition) is 3. The number of rotatable bonds is 1. The molecule has 0 radical (unpaired) electrons. The summed E-state index contributed by atoms with van der Waals surface area (Å²) in [5.74, 6) is 0.860. The Morgan fingerprint density at radius 2 is 1.70 bits per heavy atom. The molecule has 0 heterocycles.